The van der Waals surface area contributed by atoms with E-state index in [1.54, 1.807) is 4.68 Å². The van der Waals surface area contributed by atoms with Gasteiger partial charge in [-0.1, -0.05) is 89.5 Å². The molecule has 6 rings (SSSR count). The van der Waals surface area contributed by atoms with E-state index in [2.05, 4.69) is 36.5 Å². The average Bonchev–Trinajstić information content (AvgIpc) is 3.38. The summed E-state index contributed by atoms with van der Waals surface area (Å²) in [6.07, 6.45) is 21.9. The molecule has 0 radical (unpaired) electrons. The molecule has 0 amide bonds. The maximum absolute atomic E-state index is 13.9. The summed E-state index contributed by atoms with van der Waals surface area (Å²) in [6.45, 7) is 2.76. The van der Waals surface area contributed by atoms with Crippen molar-refractivity contribution < 1.29 is 4.74 Å². The molecule has 0 spiro atoms. The summed E-state index contributed by atoms with van der Waals surface area (Å²) < 4.78 is 9.00. The van der Waals surface area contributed by atoms with Gasteiger partial charge < -0.3 is 4.74 Å². The molecule has 0 unspecified atom stereocenters. The Bertz CT molecular complexity index is 1660. The molecule has 0 bridgehead atoms. The predicted molar refractivity (Wildman–Crippen MR) is 181 cm³/mol. The van der Waals surface area contributed by atoms with E-state index in [0.29, 0.717) is 29.0 Å². The largest absolute Gasteiger partial charge is 0.381 e. The van der Waals surface area contributed by atoms with Crippen molar-refractivity contribution in [2.75, 3.05) is 13.2 Å². The SMILES string of the molecule is O=c1n(CC2=C/C=C(/CCC3CCOCC3)CCC/C=C\2)nc2n1CC/C=C\C(c1ccc(Cl)cc1)=C/2c1ccc(Cl)cc1. The molecular weight excluding hydrogens is 589 g/mol. The van der Waals surface area contributed by atoms with E-state index >= 15 is 0 Å². The minimum atomic E-state index is -0.102. The number of fused-ring (bicyclic) bond motifs is 1. The summed E-state index contributed by atoms with van der Waals surface area (Å²) >= 11 is 12.5. The van der Waals surface area contributed by atoms with Crippen LogP contribution in [-0.2, 0) is 17.8 Å². The number of allylic oxidation sites excluding steroid dienone is 9. The Labute approximate surface area is 269 Å². The third-order valence-corrected chi connectivity index (χ3v) is 9.29. The molecule has 3 aromatic rings. The minimum Gasteiger partial charge on any atom is -0.381 e. The maximum Gasteiger partial charge on any atom is 0.346 e. The van der Waals surface area contributed by atoms with Gasteiger partial charge in [-0.05, 0) is 104 Å². The van der Waals surface area contributed by atoms with E-state index in [0.717, 1.165) is 79.1 Å². The third kappa shape index (κ3) is 7.46. The van der Waals surface area contributed by atoms with Crippen LogP contribution in [0.3, 0.4) is 0 Å². The summed E-state index contributed by atoms with van der Waals surface area (Å²) in [6, 6.07) is 15.6. The Hall–Kier alpha value is -3.38. The lowest BCUT2D eigenvalue weighted by Gasteiger charge is -2.22. The Balaban J connectivity index is 1.36. The molecule has 0 N–H and O–H groups in total. The molecule has 7 heteroatoms. The zero-order valence-corrected chi connectivity index (χ0v) is 26.6. The van der Waals surface area contributed by atoms with Gasteiger partial charge in [-0.25, -0.2) is 9.48 Å². The van der Waals surface area contributed by atoms with Crippen molar-refractivity contribution in [3.8, 4) is 0 Å². The Morgan fingerprint density at radius 3 is 2.32 bits per heavy atom. The van der Waals surface area contributed by atoms with Crippen LogP contribution >= 0.6 is 23.2 Å². The van der Waals surface area contributed by atoms with Crippen molar-refractivity contribution in [2.24, 2.45) is 5.92 Å². The first kappa shape index (κ1) is 30.6. The van der Waals surface area contributed by atoms with Gasteiger partial charge in [-0.15, -0.1) is 5.10 Å². The topological polar surface area (TPSA) is 49.1 Å². The summed E-state index contributed by atoms with van der Waals surface area (Å²) in [7, 11) is 0. The van der Waals surface area contributed by atoms with Crippen LogP contribution in [0.15, 0.2) is 101 Å². The minimum absolute atomic E-state index is 0.102. The second-order valence-electron chi connectivity index (χ2n) is 11.9. The van der Waals surface area contributed by atoms with Gasteiger partial charge in [0.05, 0.1) is 6.54 Å². The van der Waals surface area contributed by atoms with E-state index in [9.17, 15) is 4.79 Å². The van der Waals surface area contributed by atoms with Crippen LogP contribution in [0.4, 0.5) is 0 Å². The number of ether oxygens (including phenoxy) is 1. The van der Waals surface area contributed by atoms with Crippen molar-refractivity contribution >= 4 is 34.3 Å². The highest BCUT2D eigenvalue weighted by molar-refractivity contribution is 6.31. The van der Waals surface area contributed by atoms with E-state index in [4.69, 9.17) is 33.0 Å². The van der Waals surface area contributed by atoms with Crippen LogP contribution in [0, 0.1) is 5.92 Å². The number of hydrogen-bond acceptors (Lipinski definition) is 3. The van der Waals surface area contributed by atoms with Crippen LogP contribution in [0.5, 0.6) is 0 Å². The molecule has 3 heterocycles. The highest BCUT2D eigenvalue weighted by atomic mass is 35.5. The van der Waals surface area contributed by atoms with E-state index in [-0.39, 0.29) is 5.69 Å². The summed E-state index contributed by atoms with van der Waals surface area (Å²) in [5.74, 6) is 1.42. The predicted octanol–water partition coefficient (Wildman–Crippen LogP) is 9.07. The summed E-state index contributed by atoms with van der Waals surface area (Å²) in [5, 5.41) is 6.36. The number of benzene rings is 2. The lowest BCUT2D eigenvalue weighted by molar-refractivity contribution is 0.0639. The number of aromatic nitrogens is 3. The van der Waals surface area contributed by atoms with Gasteiger partial charge in [0.1, 0.15) is 0 Å². The fourth-order valence-electron chi connectivity index (χ4n) is 6.27. The number of nitrogens with zero attached hydrogens (tertiary/aromatic N) is 3. The van der Waals surface area contributed by atoms with E-state index in [1.807, 2.05) is 53.1 Å². The molecule has 1 saturated heterocycles. The molecule has 1 fully saturated rings. The standard InChI is InChI=1S/C37H39Cl2N3O2/c38-32-17-13-30(14-18-32)34-8-4-5-23-41-36(35(34)31-15-19-33(39)20-16-31)40-42(37(41)43)26-29-7-3-1-2-6-27(11-12-29)9-10-28-21-24-44-25-22-28/h3-4,7-8,11-20,28H,1-2,5-6,9-10,21-26H2/b7-3-,8-4-,27-11+,29-12+,35-34+. The summed E-state index contributed by atoms with van der Waals surface area (Å²) in [4.78, 5) is 13.9. The van der Waals surface area contributed by atoms with Gasteiger partial charge in [-0.3, -0.25) is 4.57 Å². The molecule has 44 heavy (non-hydrogen) atoms. The molecular formula is C37H39Cl2N3O2. The third-order valence-electron chi connectivity index (χ3n) is 8.79. The highest BCUT2D eigenvalue weighted by Crippen LogP contribution is 2.34. The molecule has 0 saturated carbocycles. The number of halogens is 2. The monoisotopic (exact) mass is 627 g/mol. The van der Waals surface area contributed by atoms with Gasteiger partial charge in [0.2, 0.25) is 0 Å². The molecule has 1 aliphatic carbocycles. The zero-order chi connectivity index (χ0) is 30.3. The van der Waals surface area contributed by atoms with E-state index in [1.165, 1.54) is 24.8 Å². The van der Waals surface area contributed by atoms with Crippen LogP contribution < -0.4 is 5.69 Å². The summed E-state index contributed by atoms with van der Waals surface area (Å²) in [5.41, 5.74) is 6.31. The quantitative estimate of drug-likeness (QED) is 0.262. The average molecular weight is 629 g/mol. The van der Waals surface area contributed by atoms with Gasteiger partial charge in [0.15, 0.2) is 5.82 Å². The van der Waals surface area contributed by atoms with Crippen LogP contribution in [-0.4, -0.2) is 27.6 Å². The number of rotatable bonds is 7. The molecule has 2 aromatic carbocycles. The Kier molecular flexibility index (Phi) is 10.2. The van der Waals surface area contributed by atoms with Crippen molar-refractivity contribution in [1.29, 1.82) is 0 Å². The van der Waals surface area contributed by atoms with Gasteiger partial charge in [-0.2, -0.15) is 0 Å². The molecule has 3 aliphatic rings. The van der Waals surface area contributed by atoms with Gasteiger partial charge >= 0.3 is 5.69 Å². The highest BCUT2D eigenvalue weighted by Gasteiger charge is 2.23. The molecule has 228 valence electrons. The van der Waals surface area contributed by atoms with Gasteiger partial charge in [0.25, 0.3) is 0 Å². The molecule has 5 nitrogen and oxygen atoms in total. The van der Waals surface area contributed by atoms with Crippen molar-refractivity contribution in [1.82, 2.24) is 14.3 Å². The molecule has 2 aliphatic heterocycles. The number of hydrogen-bond donors (Lipinski definition) is 0. The fourth-order valence-corrected chi connectivity index (χ4v) is 6.52. The van der Waals surface area contributed by atoms with E-state index < -0.39 is 0 Å². The van der Waals surface area contributed by atoms with Crippen molar-refractivity contribution in [3.05, 3.63) is 134 Å². The lowest BCUT2D eigenvalue weighted by Crippen LogP contribution is -2.26. The Morgan fingerprint density at radius 2 is 1.57 bits per heavy atom. The first-order valence-corrected chi connectivity index (χ1v) is 16.5. The molecule has 1 aromatic heterocycles. The van der Waals surface area contributed by atoms with Gasteiger partial charge in [0, 0.05) is 35.4 Å². The second kappa shape index (κ2) is 14.6. The van der Waals surface area contributed by atoms with Crippen molar-refractivity contribution in [2.45, 2.75) is 64.5 Å². The van der Waals surface area contributed by atoms with Crippen LogP contribution in [0.2, 0.25) is 10.0 Å². The first-order chi connectivity index (χ1) is 21.5. The normalized spacial score (nSPS) is 23.5. The smallest absolute Gasteiger partial charge is 0.346 e. The second-order valence-corrected chi connectivity index (χ2v) is 12.7. The maximum atomic E-state index is 13.9. The first-order valence-electron chi connectivity index (χ1n) is 15.8. The zero-order valence-electron chi connectivity index (χ0n) is 25.1. The van der Waals surface area contributed by atoms with Crippen LogP contribution in [0.25, 0.3) is 11.1 Å². The molecule has 0 atom stereocenters. The Morgan fingerprint density at radius 1 is 0.864 bits per heavy atom. The van der Waals surface area contributed by atoms with Crippen LogP contribution in [0.1, 0.15) is 68.3 Å². The fraction of sp³-hybridized carbons (Fsp3) is 0.351. The van der Waals surface area contributed by atoms with Crippen molar-refractivity contribution in [3.63, 3.8) is 0 Å². The lowest BCUT2D eigenvalue weighted by atomic mass is 9.91.